The fourth-order valence-electron chi connectivity index (χ4n) is 3.82. The summed E-state index contributed by atoms with van der Waals surface area (Å²) in [6.07, 6.45) is -7.68. The van der Waals surface area contributed by atoms with E-state index < -0.39 is 36.1 Å². The van der Waals surface area contributed by atoms with E-state index in [1.807, 2.05) is 0 Å². The molecule has 12 heteroatoms. The molecule has 3 aromatic rings. The first kappa shape index (κ1) is 26.4. The highest BCUT2D eigenvalue weighted by atomic mass is 19.4. The van der Waals surface area contributed by atoms with Crippen LogP contribution in [-0.2, 0) is 21.2 Å². The number of ether oxygens (including phenoxy) is 1. The summed E-state index contributed by atoms with van der Waals surface area (Å²) in [5.41, 5.74) is 2.54. The first-order chi connectivity index (χ1) is 16.5. The van der Waals surface area contributed by atoms with E-state index >= 15 is 0 Å². The van der Waals surface area contributed by atoms with Crippen molar-refractivity contribution in [2.24, 2.45) is 0 Å². The molecular weight excluding hydrogens is 475 g/mol. The number of aliphatic carboxylic acids is 1. The number of carboxylic acids is 1. The number of morpholine rings is 1. The van der Waals surface area contributed by atoms with Crippen molar-refractivity contribution in [2.45, 2.75) is 24.6 Å². The first-order valence-corrected chi connectivity index (χ1v) is 10.6. The zero-order chi connectivity index (χ0) is 25.8. The Kier molecular flexibility index (Phi) is 7.96. The molecule has 35 heavy (non-hydrogen) atoms. The third-order valence-corrected chi connectivity index (χ3v) is 5.74. The standard InChI is InChI=1S/C18H14F5N3O2.C5H11NO/c19-15(20)8-17(16(27)28,10-4-6-11(7-5-10)18(21,22)23)26-14-3-1-2-13(24)12(14)9-25-26;1-6-2-4-7-5-3-6/h1-7,9,15H,8,24H2,(H,27,28);2-5H2,1H3. The average molecular weight is 500 g/mol. The van der Waals surface area contributed by atoms with Gasteiger partial charge in [-0.3, -0.25) is 0 Å². The summed E-state index contributed by atoms with van der Waals surface area (Å²) in [6.45, 7) is 4.02. The summed E-state index contributed by atoms with van der Waals surface area (Å²) in [6, 6.07) is 7.53. The van der Waals surface area contributed by atoms with Gasteiger partial charge in [-0.05, 0) is 36.9 Å². The van der Waals surface area contributed by atoms with Crippen molar-refractivity contribution in [2.75, 3.05) is 39.1 Å². The quantitative estimate of drug-likeness (QED) is 0.405. The van der Waals surface area contributed by atoms with E-state index in [2.05, 4.69) is 17.0 Å². The lowest BCUT2D eigenvalue weighted by molar-refractivity contribution is -0.147. The largest absolute Gasteiger partial charge is 0.479 e. The maximum Gasteiger partial charge on any atom is 0.416 e. The van der Waals surface area contributed by atoms with Crippen LogP contribution in [-0.4, -0.2) is 65.5 Å². The third-order valence-electron chi connectivity index (χ3n) is 5.74. The van der Waals surface area contributed by atoms with Gasteiger partial charge in [-0.1, -0.05) is 18.2 Å². The van der Waals surface area contributed by atoms with Crippen molar-refractivity contribution in [3.8, 4) is 0 Å². The van der Waals surface area contributed by atoms with Crippen molar-refractivity contribution >= 4 is 22.6 Å². The van der Waals surface area contributed by atoms with E-state index in [0.717, 1.165) is 43.1 Å². The van der Waals surface area contributed by atoms with E-state index in [4.69, 9.17) is 10.5 Å². The van der Waals surface area contributed by atoms with Gasteiger partial charge in [-0.2, -0.15) is 18.3 Å². The van der Waals surface area contributed by atoms with E-state index in [1.165, 1.54) is 24.4 Å². The van der Waals surface area contributed by atoms with Crippen LogP contribution in [0.4, 0.5) is 27.6 Å². The summed E-state index contributed by atoms with van der Waals surface area (Å²) in [4.78, 5) is 14.5. The van der Waals surface area contributed by atoms with Gasteiger partial charge < -0.3 is 20.5 Å². The lowest BCUT2D eigenvalue weighted by Gasteiger charge is -2.31. The number of rotatable bonds is 5. The number of alkyl halides is 5. The van der Waals surface area contributed by atoms with Crippen LogP contribution >= 0.6 is 0 Å². The molecule has 0 spiro atoms. The minimum atomic E-state index is -4.65. The van der Waals surface area contributed by atoms with E-state index in [-0.39, 0.29) is 16.8 Å². The number of likely N-dealkylation sites (N-methyl/N-ethyl adjacent to an activating group) is 1. The predicted octanol–water partition coefficient (Wildman–Crippen LogP) is 4.07. The third kappa shape index (κ3) is 5.70. The van der Waals surface area contributed by atoms with Crippen LogP contribution in [0, 0.1) is 0 Å². The smallest absolute Gasteiger partial charge is 0.416 e. The van der Waals surface area contributed by atoms with Crippen molar-refractivity contribution in [3.05, 3.63) is 59.8 Å². The molecule has 4 rings (SSSR count). The Morgan fingerprint density at radius 2 is 1.71 bits per heavy atom. The number of anilines is 1. The van der Waals surface area contributed by atoms with Crippen molar-refractivity contribution in [1.82, 2.24) is 14.7 Å². The van der Waals surface area contributed by atoms with Crippen LogP contribution in [0.5, 0.6) is 0 Å². The monoisotopic (exact) mass is 500 g/mol. The van der Waals surface area contributed by atoms with Gasteiger partial charge in [0.25, 0.3) is 0 Å². The summed E-state index contributed by atoms with van der Waals surface area (Å²) in [5, 5.41) is 14.2. The number of nitrogens with zero attached hydrogens (tertiary/aromatic N) is 3. The predicted molar refractivity (Wildman–Crippen MR) is 119 cm³/mol. The Morgan fingerprint density at radius 1 is 1.11 bits per heavy atom. The molecule has 2 heterocycles. The highest BCUT2D eigenvalue weighted by molar-refractivity contribution is 5.92. The molecule has 2 aromatic carbocycles. The van der Waals surface area contributed by atoms with Crippen LogP contribution in [0.25, 0.3) is 10.9 Å². The van der Waals surface area contributed by atoms with E-state index in [1.54, 1.807) is 0 Å². The molecule has 1 aromatic heterocycles. The second-order valence-electron chi connectivity index (χ2n) is 8.09. The van der Waals surface area contributed by atoms with Crippen LogP contribution in [0.15, 0.2) is 48.7 Å². The number of carboxylic acid groups (broad SMARTS) is 1. The number of aromatic nitrogens is 2. The molecule has 0 bridgehead atoms. The highest BCUT2D eigenvalue weighted by Gasteiger charge is 2.47. The van der Waals surface area contributed by atoms with Gasteiger partial charge >= 0.3 is 12.1 Å². The number of nitrogen functional groups attached to an aromatic ring is 1. The zero-order valence-corrected chi connectivity index (χ0v) is 18.8. The first-order valence-electron chi connectivity index (χ1n) is 10.6. The van der Waals surface area contributed by atoms with Crippen molar-refractivity contribution < 1.29 is 36.6 Å². The fourth-order valence-corrected chi connectivity index (χ4v) is 3.82. The molecule has 0 amide bonds. The number of halogens is 5. The van der Waals surface area contributed by atoms with Crippen LogP contribution in [0.1, 0.15) is 17.5 Å². The summed E-state index contributed by atoms with van der Waals surface area (Å²) < 4.78 is 71.3. The van der Waals surface area contributed by atoms with Gasteiger partial charge in [0.05, 0.1) is 30.5 Å². The Labute approximate surface area is 197 Å². The van der Waals surface area contributed by atoms with Crippen molar-refractivity contribution in [3.63, 3.8) is 0 Å². The topological polar surface area (TPSA) is 93.6 Å². The molecule has 3 N–H and O–H groups in total. The molecule has 190 valence electrons. The molecule has 1 aliphatic rings. The molecular formula is C23H25F5N4O3. The number of carbonyl (C=O) groups is 1. The van der Waals surface area contributed by atoms with Gasteiger partial charge in [0.1, 0.15) is 0 Å². The fraction of sp³-hybridized carbons (Fsp3) is 0.391. The molecule has 1 aliphatic heterocycles. The second kappa shape index (κ2) is 10.6. The van der Waals surface area contributed by atoms with Gasteiger partial charge in [0.15, 0.2) is 5.54 Å². The molecule has 0 saturated carbocycles. The summed E-state index contributed by atoms with van der Waals surface area (Å²) in [5.74, 6) is -1.68. The second-order valence-corrected chi connectivity index (χ2v) is 8.09. The van der Waals surface area contributed by atoms with Gasteiger partial charge in [0.2, 0.25) is 6.43 Å². The summed E-state index contributed by atoms with van der Waals surface area (Å²) >= 11 is 0. The highest BCUT2D eigenvalue weighted by Crippen LogP contribution is 2.38. The normalized spacial score (nSPS) is 16.5. The average Bonchev–Trinajstić information content (AvgIpc) is 3.23. The number of benzene rings is 2. The van der Waals surface area contributed by atoms with Crippen LogP contribution < -0.4 is 5.73 Å². The SMILES string of the molecule is CN1CCOCC1.Nc1cccc2c1cnn2C(CC(F)F)(C(=O)O)c1ccc(C(F)(F)F)cc1. The maximum absolute atomic E-state index is 13.4. The Bertz CT molecular complexity index is 1140. The number of fused-ring (bicyclic) bond motifs is 1. The molecule has 1 atom stereocenters. The number of hydrogen-bond donors (Lipinski definition) is 2. The van der Waals surface area contributed by atoms with Gasteiger partial charge in [-0.15, -0.1) is 0 Å². The number of hydrogen-bond acceptors (Lipinski definition) is 5. The molecule has 1 fully saturated rings. The molecule has 1 saturated heterocycles. The molecule has 0 aliphatic carbocycles. The summed E-state index contributed by atoms with van der Waals surface area (Å²) in [7, 11) is 2.11. The maximum atomic E-state index is 13.4. The van der Waals surface area contributed by atoms with Gasteiger partial charge in [-0.25, -0.2) is 18.3 Å². The lowest BCUT2D eigenvalue weighted by atomic mass is 9.86. The van der Waals surface area contributed by atoms with Crippen LogP contribution in [0.3, 0.4) is 0 Å². The Balaban J connectivity index is 0.000000420. The Morgan fingerprint density at radius 3 is 2.20 bits per heavy atom. The minimum absolute atomic E-state index is 0.169. The minimum Gasteiger partial charge on any atom is -0.479 e. The zero-order valence-electron chi connectivity index (χ0n) is 18.8. The van der Waals surface area contributed by atoms with Gasteiger partial charge in [0, 0.05) is 30.6 Å². The van der Waals surface area contributed by atoms with E-state index in [0.29, 0.717) is 17.5 Å². The molecule has 7 nitrogen and oxygen atoms in total. The lowest BCUT2D eigenvalue weighted by Crippen LogP contribution is -2.45. The van der Waals surface area contributed by atoms with E-state index in [9.17, 15) is 31.9 Å². The van der Waals surface area contributed by atoms with Crippen LogP contribution in [0.2, 0.25) is 0 Å². The van der Waals surface area contributed by atoms with Crippen molar-refractivity contribution in [1.29, 1.82) is 0 Å². The molecule has 0 radical (unpaired) electrons. The Hall–Kier alpha value is -3.25. The number of nitrogens with two attached hydrogens (primary N) is 1. The molecule has 1 unspecified atom stereocenters.